The van der Waals surface area contributed by atoms with Gasteiger partial charge in [-0.05, 0) is 48.0 Å². The number of benzene rings is 4. The second kappa shape index (κ2) is 10.7. The molecule has 0 saturated heterocycles. The number of para-hydroxylation sites is 1. The first kappa shape index (κ1) is 23.7. The average molecular weight is 475 g/mol. The summed E-state index contributed by atoms with van der Waals surface area (Å²) in [6, 6.07) is 32.8. The van der Waals surface area contributed by atoms with E-state index in [9.17, 15) is 4.57 Å². The van der Waals surface area contributed by atoms with Gasteiger partial charge in [-0.3, -0.25) is 4.57 Å². The van der Waals surface area contributed by atoms with Crippen LogP contribution in [0.3, 0.4) is 0 Å². The first-order valence-corrected chi connectivity index (χ1v) is 12.8. The SMILES string of the molecule is CN(C)c1ccc(P(=O)(OCc2ccccc2)C(Nc2ccccc2)c2ccccc2F)cc1. The highest BCUT2D eigenvalue weighted by atomic mass is 31.2. The molecule has 4 aromatic carbocycles. The summed E-state index contributed by atoms with van der Waals surface area (Å²) in [7, 11) is 0.207. The quantitative estimate of drug-likeness (QED) is 0.270. The van der Waals surface area contributed by atoms with Gasteiger partial charge in [0.1, 0.15) is 11.6 Å². The Kier molecular flexibility index (Phi) is 7.46. The lowest BCUT2D eigenvalue weighted by atomic mass is 10.2. The molecule has 0 saturated carbocycles. The third-order valence-electron chi connectivity index (χ3n) is 5.61. The maximum Gasteiger partial charge on any atom is 0.258 e. The minimum atomic E-state index is -3.68. The van der Waals surface area contributed by atoms with Crippen LogP contribution in [0.2, 0.25) is 0 Å². The zero-order chi connectivity index (χ0) is 24.0. The van der Waals surface area contributed by atoms with Crippen molar-refractivity contribution in [3.63, 3.8) is 0 Å². The summed E-state index contributed by atoms with van der Waals surface area (Å²) in [4.78, 5) is 1.97. The van der Waals surface area contributed by atoms with E-state index in [-0.39, 0.29) is 6.61 Å². The standard InChI is InChI=1S/C28H28FN2O2P/c1-31(2)24-17-19-25(20-18-24)34(32,33-21-22-11-5-3-6-12-22)28(26-15-9-10-16-27(26)29)30-23-13-7-4-8-14-23/h3-20,28,30H,21H2,1-2H3. The Hall–Kier alpha value is -3.40. The molecule has 0 radical (unpaired) electrons. The van der Waals surface area contributed by atoms with E-state index >= 15 is 4.39 Å². The molecule has 0 bridgehead atoms. The molecule has 6 heteroatoms. The van der Waals surface area contributed by atoms with Gasteiger partial charge in [0.25, 0.3) is 7.37 Å². The topological polar surface area (TPSA) is 41.6 Å². The fraction of sp³-hybridized carbons (Fsp3) is 0.143. The fourth-order valence-electron chi connectivity index (χ4n) is 3.74. The van der Waals surface area contributed by atoms with Crippen molar-refractivity contribution in [2.45, 2.75) is 12.4 Å². The van der Waals surface area contributed by atoms with Crippen LogP contribution in [0.15, 0.2) is 109 Å². The van der Waals surface area contributed by atoms with Gasteiger partial charge in [-0.25, -0.2) is 4.39 Å². The summed E-state index contributed by atoms with van der Waals surface area (Å²) in [5, 5.41) is 3.83. The van der Waals surface area contributed by atoms with E-state index in [2.05, 4.69) is 5.32 Å². The van der Waals surface area contributed by atoms with Crippen LogP contribution >= 0.6 is 7.37 Å². The molecule has 34 heavy (non-hydrogen) atoms. The van der Waals surface area contributed by atoms with Crippen LogP contribution in [0.4, 0.5) is 15.8 Å². The number of nitrogens with one attached hydrogen (secondary N) is 1. The summed E-state index contributed by atoms with van der Waals surface area (Å²) in [6.07, 6.45) is 0. The third kappa shape index (κ3) is 5.39. The Bertz CT molecular complexity index is 1250. The molecule has 0 aromatic heterocycles. The van der Waals surface area contributed by atoms with E-state index in [1.54, 1.807) is 18.2 Å². The molecule has 174 valence electrons. The van der Waals surface area contributed by atoms with E-state index in [0.717, 1.165) is 16.9 Å². The Morgan fingerprint density at radius 1 is 0.824 bits per heavy atom. The van der Waals surface area contributed by atoms with Gasteiger partial charge in [0.2, 0.25) is 0 Å². The summed E-state index contributed by atoms with van der Waals surface area (Å²) >= 11 is 0. The average Bonchev–Trinajstić information content (AvgIpc) is 2.88. The van der Waals surface area contributed by atoms with Gasteiger partial charge in [0, 0.05) is 36.3 Å². The number of rotatable bonds is 9. The van der Waals surface area contributed by atoms with Crippen LogP contribution in [-0.4, -0.2) is 14.1 Å². The van der Waals surface area contributed by atoms with Gasteiger partial charge >= 0.3 is 0 Å². The van der Waals surface area contributed by atoms with Crippen molar-refractivity contribution in [1.82, 2.24) is 0 Å². The second-order valence-electron chi connectivity index (χ2n) is 8.20. The molecule has 1 N–H and O–H groups in total. The molecule has 0 heterocycles. The van der Waals surface area contributed by atoms with Gasteiger partial charge in [0.15, 0.2) is 0 Å². The highest BCUT2D eigenvalue weighted by Gasteiger charge is 2.39. The number of nitrogens with zero attached hydrogens (tertiary/aromatic N) is 1. The number of hydrogen-bond acceptors (Lipinski definition) is 4. The Balaban J connectivity index is 1.82. The molecule has 2 unspecified atom stereocenters. The van der Waals surface area contributed by atoms with Gasteiger partial charge in [-0.1, -0.05) is 66.7 Å². The van der Waals surface area contributed by atoms with Crippen molar-refractivity contribution in [2.24, 2.45) is 0 Å². The smallest absolute Gasteiger partial charge is 0.258 e. The Morgan fingerprint density at radius 3 is 2.03 bits per heavy atom. The minimum Gasteiger partial charge on any atom is -0.378 e. The van der Waals surface area contributed by atoms with E-state index in [1.165, 1.54) is 6.07 Å². The number of hydrogen-bond donors (Lipinski definition) is 1. The molecule has 0 aliphatic rings. The van der Waals surface area contributed by atoms with Crippen LogP contribution in [0.1, 0.15) is 16.9 Å². The van der Waals surface area contributed by atoms with Gasteiger partial charge < -0.3 is 14.7 Å². The zero-order valence-electron chi connectivity index (χ0n) is 19.3. The normalized spacial score (nSPS) is 13.6. The van der Waals surface area contributed by atoms with Crippen LogP contribution in [0, 0.1) is 5.82 Å². The van der Waals surface area contributed by atoms with Gasteiger partial charge in [-0.15, -0.1) is 0 Å². The maximum atomic E-state index is 15.1. The van der Waals surface area contributed by atoms with E-state index in [4.69, 9.17) is 4.52 Å². The molecule has 0 aliphatic carbocycles. The van der Waals surface area contributed by atoms with Crippen molar-refractivity contribution < 1.29 is 13.5 Å². The summed E-state index contributed by atoms with van der Waals surface area (Å²) in [5.41, 5.74) is 2.88. The summed E-state index contributed by atoms with van der Waals surface area (Å²) in [6.45, 7) is 0.134. The van der Waals surface area contributed by atoms with Crippen molar-refractivity contribution in [2.75, 3.05) is 24.3 Å². The molecule has 0 aliphatic heterocycles. The molecule has 0 spiro atoms. The Morgan fingerprint density at radius 2 is 1.41 bits per heavy atom. The Labute approximate surface area is 200 Å². The summed E-state index contributed by atoms with van der Waals surface area (Å²) in [5.74, 6) is -1.37. The van der Waals surface area contributed by atoms with Crippen molar-refractivity contribution in [1.29, 1.82) is 0 Å². The lowest BCUT2D eigenvalue weighted by Gasteiger charge is -2.30. The minimum absolute atomic E-state index is 0.134. The number of halogens is 1. The molecule has 0 amide bonds. The van der Waals surface area contributed by atoms with E-state index in [1.807, 2.05) is 104 Å². The van der Waals surface area contributed by atoms with Gasteiger partial charge in [0.05, 0.1) is 6.61 Å². The molecular weight excluding hydrogens is 446 g/mol. The summed E-state index contributed by atoms with van der Waals surface area (Å²) < 4.78 is 36.2. The molecule has 4 nitrogen and oxygen atoms in total. The van der Waals surface area contributed by atoms with Crippen molar-refractivity contribution in [3.05, 3.63) is 126 Å². The number of anilines is 2. The van der Waals surface area contributed by atoms with E-state index in [0.29, 0.717) is 10.9 Å². The van der Waals surface area contributed by atoms with Gasteiger partial charge in [-0.2, -0.15) is 0 Å². The highest BCUT2D eigenvalue weighted by Crippen LogP contribution is 2.60. The lowest BCUT2D eigenvalue weighted by Crippen LogP contribution is -2.22. The first-order chi connectivity index (χ1) is 16.5. The lowest BCUT2D eigenvalue weighted by molar-refractivity contribution is 0.304. The molecule has 4 rings (SSSR count). The van der Waals surface area contributed by atoms with Crippen LogP contribution < -0.4 is 15.5 Å². The van der Waals surface area contributed by atoms with Crippen LogP contribution in [0.25, 0.3) is 0 Å². The first-order valence-electron chi connectivity index (χ1n) is 11.1. The van der Waals surface area contributed by atoms with Crippen LogP contribution in [0.5, 0.6) is 0 Å². The molecule has 2 atom stereocenters. The van der Waals surface area contributed by atoms with Crippen LogP contribution in [-0.2, 0) is 15.7 Å². The zero-order valence-corrected chi connectivity index (χ0v) is 20.2. The van der Waals surface area contributed by atoms with Crippen molar-refractivity contribution >= 4 is 24.0 Å². The fourth-order valence-corrected chi connectivity index (χ4v) is 6.13. The molecule has 0 fully saturated rings. The highest BCUT2D eigenvalue weighted by molar-refractivity contribution is 7.67. The predicted molar refractivity (Wildman–Crippen MR) is 138 cm³/mol. The third-order valence-corrected chi connectivity index (χ3v) is 8.23. The largest absolute Gasteiger partial charge is 0.378 e. The molecule has 4 aromatic rings. The second-order valence-corrected chi connectivity index (χ2v) is 10.7. The monoisotopic (exact) mass is 474 g/mol. The maximum absolute atomic E-state index is 15.1. The predicted octanol–water partition coefficient (Wildman–Crippen LogP) is 6.82. The van der Waals surface area contributed by atoms with E-state index < -0.39 is 19.0 Å². The van der Waals surface area contributed by atoms with Crippen molar-refractivity contribution in [3.8, 4) is 0 Å². The molecular formula is C28H28FN2O2P.